The van der Waals surface area contributed by atoms with E-state index in [9.17, 15) is 14.9 Å². The average Bonchev–Trinajstić information content (AvgIpc) is 3.17. The van der Waals surface area contributed by atoms with Crippen LogP contribution in [0.3, 0.4) is 0 Å². The van der Waals surface area contributed by atoms with E-state index < -0.39 is 10.8 Å². The van der Waals surface area contributed by atoms with Crippen LogP contribution >= 0.6 is 0 Å². The fourth-order valence-corrected chi connectivity index (χ4v) is 2.90. The lowest BCUT2D eigenvalue weighted by Gasteiger charge is -2.07. The first-order valence-corrected chi connectivity index (χ1v) is 8.65. The highest BCUT2D eigenvalue weighted by Crippen LogP contribution is 2.29. The highest BCUT2D eigenvalue weighted by molar-refractivity contribution is 6.05. The third kappa shape index (κ3) is 3.63. The van der Waals surface area contributed by atoms with Crippen molar-refractivity contribution in [2.75, 3.05) is 12.4 Å². The SMILES string of the molecule is COc1ccc(C(=O)Nc2cccc(-c3nc4ccccc4o3)c2)cc1[N+](=O)[O-]. The number of rotatable bonds is 5. The van der Waals surface area contributed by atoms with Crippen molar-refractivity contribution in [3.8, 4) is 17.2 Å². The van der Waals surface area contributed by atoms with Crippen molar-refractivity contribution >= 4 is 28.4 Å². The molecule has 8 heteroatoms. The molecule has 0 aliphatic carbocycles. The Bertz CT molecular complexity index is 1200. The molecule has 8 nitrogen and oxygen atoms in total. The van der Waals surface area contributed by atoms with Crippen molar-refractivity contribution in [1.29, 1.82) is 0 Å². The van der Waals surface area contributed by atoms with Crippen molar-refractivity contribution in [2.24, 2.45) is 0 Å². The lowest BCUT2D eigenvalue weighted by Crippen LogP contribution is -2.12. The van der Waals surface area contributed by atoms with E-state index in [0.29, 0.717) is 22.7 Å². The Hall–Kier alpha value is -4.20. The first-order valence-electron chi connectivity index (χ1n) is 8.65. The quantitative estimate of drug-likeness (QED) is 0.393. The zero-order valence-corrected chi connectivity index (χ0v) is 15.3. The first-order chi connectivity index (χ1) is 14.0. The van der Waals surface area contributed by atoms with E-state index in [-0.39, 0.29) is 17.0 Å². The molecule has 0 atom stereocenters. The molecule has 144 valence electrons. The topological polar surface area (TPSA) is 108 Å². The van der Waals surface area contributed by atoms with Gasteiger partial charge < -0.3 is 14.5 Å². The number of aromatic nitrogens is 1. The second-order valence-electron chi connectivity index (χ2n) is 6.17. The summed E-state index contributed by atoms with van der Waals surface area (Å²) >= 11 is 0. The molecule has 0 aliphatic heterocycles. The van der Waals surface area contributed by atoms with Gasteiger partial charge in [-0.1, -0.05) is 18.2 Å². The standard InChI is InChI=1S/C21H15N3O5/c1-28-19-10-9-13(12-17(19)24(26)27)20(25)22-15-6-4-5-14(11-15)21-23-16-7-2-3-8-18(16)29-21/h2-12H,1H3,(H,22,25). The number of hydrogen-bond donors (Lipinski definition) is 1. The number of nitrogens with zero attached hydrogens (tertiary/aromatic N) is 2. The van der Waals surface area contributed by atoms with E-state index in [1.807, 2.05) is 30.3 Å². The van der Waals surface area contributed by atoms with Crippen LogP contribution in [0, 0.1) is 10.1 Å². The molecule has 4 rings (SSSR count). The predicted octanol–water partition coefficient (Wildman–Crippen LogP) is 4.66. The zero-order valence-electron chi connectivity index (χ0n) is 15.3. The Morgan fingerprint density at radius 2 is 1.93 bits per heavy atom. The molecule has 3 aromatic carbocycles. The van der Waals surface area contributed by atoms with Gasteiger partial charge in [-0.15, -0.1) is 0 Å². The number of methoxy groups -OCH3 is 1. The minimum Gasteiger partial charge on any atom is -0.490 e. The smallest absolute Gasteiger partial charge is 0.311 e. The molecule has 0 unspecified atom stereocenters. The summed E-state index contributed by atoms with van der Waals surface area (Å²) in [5.41, 5.74) is 2.48. The number of amides is 1. The monoisotopic (exact) mass is 389 g/mol. The highest BCUT2D eigenvalue weighted by atomic mass is 16.6. The number of anilines is 1. The second-order valence-corrected chi connectivity index (χ2v) is 6.17. The van der Waals surface area contributed by atoms with Crippen LogP contribution in [-0.4, -0.2) is 22.9 Å². The van der Waals surface area contributed by atoms with Gasteiger partial charge in [0.1, 0.15) is 5.52 Å². The van der Waals surface area contributed by atoms with Crippen molar-refractivity contribution in [3.63, 3.8) is 0 Å². The van der Waals surface area contributed by atoms with Crippen LogP contribution in [0.15, 0.2) is 71.1 Å². The summed E-state index contributed by atoms with van der Waals surface area (Å²) in [5.74, 6) is 0.0392. The Labute approximate surface area is 164 Å². The number of carbonyl (C=O) groups excluding carboxylic acids is 1. The van der Waals surface area contributed by atoms with E-state index in [2.05, 4.69) is 10.3 Å². The maximum atomic E-state index is 12.6. The van der Waals surface area contributed by atoms with Crippen LogP contribution in [0.2, 0.25) is 0 Å². The Morgan fingerprint density at radius 1 is 1.10 bits per heavy atom. The summed E-state index contributed by atoms with van der Waals surface area (Å²) in [6.45, 7) is 0. The molecule has 1 heterocycles. The number of ether oxygens (including phenoxy) is 1. The van der Waals surface area contributed by atoms with Crippen LogP contribution < -0.4 is 10.1 Å². The molecule has 1 aromatic heterocycles. The van der Waals surface area contributed by atoms with Gasteiger partial charge >= 0.3 is 5.69 Å². The van der Waals surface area contributed by atoms with Crippen LogP contribution in [0.4, 0.5) is 11.4 Å². The van der Waals surface area contributed by atoms with Crippen molar-refractivity contribution in [3.05, 3.63) is 82.4 Å². The van der Waals surface area contributed by atoms with Gasteiger partial charge in [0.05, 0.1) is 12.0 Å². The lowest BCUT2D eigenvalue weighted by atomic mass is 10.1. The summed E-state index contributed by atoms with van der Waals surface area (Å²) in [6.07, 6.45) is 0. The molecule has 0 saturated carbocycles. The maximum absolute atomic E-state index is 12.6. The summed E-state index contributed by atoms with van der Waals surface area (Å²) < 4.78 is 10.7. The fraction of sp³-hybridized carbons (Fsp3) is 0.0476. The Balaban J connectivity index is 1.60. The number of para-hydroxylation sites is 2. The number of fused-ring (bicyclic) bond motifs is 1. The Kier molecular flexibility index (Phi) is 4.66. The molecule has 29 heavy (non-hydrogen) atoms. The van der Waals surface area contributed by atoms with Gasteiger partial charge in [-0.2, -0.15) is 0 Å². The second kappa shape index (κ2) is 7.43. The Morgan fingerprint density at radius 3 is 2.69 bits per heavy atom. The first kappa shape index (κ1) is 18.2. The van der Waals surface area contributed by atoms with Crippen LogP contribution in [0.1, 0.15) is 10.4 Å². The number of benzene rings is 3. The largest absolute Gasteiger partial charge is 0.490 e. The summed E-state index contributed by atoms with van der Waals surface area (Å²) in [7, 11) is 1.33. The summed E-state index contributed by atoms with van der Waals surface area (Å²) in [4.78, 5) is 27.6. The minimum atomic E-state index is -0.594. The molecular formula is C21H15N3O5. The zero-order chi connectivity index (χ0) is 20.4. The van der Waals surface area contributed by atoms with Crippen LogP contribution in [0.25, 0.3) is 22.6 Å². The average molecular weight is 389 g/mol. The van der Waals surface area contributed by atoms with Gasteiger partial charge in [0.15, 0.2) is 11.3 Å². The predicted molar refractivity (Wildman–Crippen MR) is 107 cm³/mol. The highest BCUT2D eigenvalue weighted by Gasteiger charge is 2.18. The molecular weight excluding hydrogens is 374 g/mol. The third-order valence-corrected chi connectivity index (χ3v) is 4.30. The summed E-state index contributed by atoms with van der Waals surface area (Å²) in [6, 6.07) is 18.5. The normalized spacial score (nSPS) is 10.7. The van der Waals surface area contributed by atoms with Crippen molar-refractivity contribution < 1.29 is 18.9 Å². The number of nitro groups is 1. The van der Waals surface area contributed by atoms with Gasteiger partial charge in [0.2, 0.25) is 5.89 Å². The van der Waals surface area contributed by atoms with Gasteiger partial charge in [-0.05, 0) is 42.5 Å². The van der Waals surface area contributed by atoms with Gasteiger partial charge in [0.25, 0.3) is 5.91 Å². The molecule has 4 aromatic rings. The molecule has 1 amide bonds. The van der Waals surface area contributed by atoms with Gasteiger partial charge in [-0.25, -0.2) is 4.98 Å². The number of oxazole rings is 1. The maximum Gasteiger partial charge on any atom is 0.311 e. The molecule has 0 fully saturated rings. The van der Waals surface area contributed by atoms with Crippen molar-refractivity contribution in [2.45, 2.75) is 0 Å². The molecule has 0 saturated heterocycles. The fourth-order valence-electron chi connectivity index (χ4n) is 2.90. The third-order valence-electron chi connectivity index (χ3n) is 4.30. The van der Waals surface area contributed by atoms with Crippen LogP contribution in [-0.2, 0) is 0 Å². The number of nitro benzene ring substituents is 1. The van der Waals surface area contributed by atoms with Gasteiger partial charge in [0, 0.05) is 22.9 Å². The number of nitrogens with one attached hydrogen (secondary N) is 1. The molecule has 0 aliphatic rings. The van der Waals surface area contributed by atoms with Crippen LogP contribution in [0.5, 0.6) is 5.75 Å². The lowest BCUT2D eigenvalue weighted by molar-refractivity contribution is -0.385. The number of hydrogen-bond acceptors (Lipinski definition) is 6. The van der Waals surface area contributed by atoms with Gasteiger partial charge in [-0.3, -0.25) is 14.9 Å². The van der Waals surface area contributed by atoms with E-state index in [1.54, 1.807) is 18.2 Å². The molecule has 0 spiro atoms. The van der Waals surface area contributed by atoms with E-state index in [1.165, 1.54) is 25.3 Å². The summed E-state index contributed by atoms with van der Waals surface area (Å²) in [5, 5.41) is 13.9. The van der Waals surface area contributed by atoms with E-state index in [0.717, 1.165) is 5.52 Å². The van der Waals surface area contributed by atoms with E-state index in [4.69, 9.17) is 9.15 Å². The molecule has 1 N–H and O–H groups in total. The van der Waals surface area contributed by atoms with E-state index >= 15 is 0 Å². The number of carbonyl (C=O) groups is 1. The van der Waals surface area contributed by atoms with Crippen molar-refractivity contribution in [1.82, 2.24) is 4.98 Å². The minimum absolute atomic E-state index is 0.0875. The molecule has 0 bridgehead atoms. The molecule has 0 radical (unpaired) electrons.